The van der Waals surface area contributed by atoms with Gasteiger partial charge in [0, 0.05) is 23.5 Å². The molecule has 0 aliphatic carbocycles. The third kappa shape index (κ3) is 2.86. The van der Waals surface area contributed by atoms with Crippen molar-refractivity contribution in [2.45, 2.75) is 32.2 Å². The van der Waals surface area contributed by atoms with E-state index >= 15 is 0 Å². The molecule has 1 N–H and O–H groups in total. The Morgan fingerprint density at radius 3 is 3.10 bits per heavy atom. The maximum absolute atomic E-state index is 5.71. The van der Waals surface area contributed by atoms with Gasteiger partial charge in [-0.2, -0.15) is 0 Å². The molecule has 0 radical (unpaired) electrons. The first-order chi connectivity index (χ1) is 9.74. The number of benzene rings is 1. The number of nitrogens with zero attached hydrogens (tertiary/aromatic N) is 1. The zero-order chi connectivity index (χ0) is 13.9. The van der Waals surface area contributed by atoms with Crippen molar-refractivity contribution >= 4 is 11.3 Å². The Morgan fingerprint density at radius 1 is 1.45 bits per heavy atom. The molecule has 1 aliphatic rings. The molecule has 2 heterocycles. The number of rotatable bonds is 4. The van der Waals surface area contributed by atoms with E-state index in [0.717, 1.165) is 31.0 Å². The molecule has 0 saturated carbocycles. The molecule has 20 heavy (non-hydrogen) atoms. The van der Waals surface area contributed by atoms with Crippen LogP contribution in [0.25, 0.3) is 0 Å². The molecule has 3 rings (SSSR count). The molecule has 2 unspecified atom stereocenters. The van der Waals surface area contributed by atoms with E-state index < -0.39 is 0 Å². The lowest BCUT2D eigenvalue weighted by molar-refractivity contribution is 0.263. The number of fused-ring (bicyclic) bond motifs is 1. The lowest BCUT2D eigenvalue weighted by Crippen LogP contribution is -2.28. The first-order valence-corrected chi connectivity index (χ1v) is 7.99. The Balaban J connectivity index is 1.65. The predicted octanol–water partition coefficient (Wildman–Crippen LogP) is 3.67. The highest BCUT2D eigenvalue weighted by Gasteiger charge is 2.21. The molecule has 106 valence electrons. The molecule has 0 saturated heterocycles. The standard InChI is InChI=1S/C16H20N2OS/c1-11-10-20-16(18-11)12(2)17-9-13-7-8-19-15-6-4-3-5-14(13)15/h3-6,10,12-13,17H,7-9H2,1-2H3. The lowest BCUT2D eigenvalue weighted by Gasteiger charge is -2.27. The SMILES string of the molecule is Cc1csc(C(C)NCC2CCOc3ccccc32)n1. The summed E-state index contributed by atoms with van der Waals surface area (Å²) in [4.78, 5) is 4.55. The van der Waals surface area contributed by atoms with Crippen LogP contribution in [-0.4, -0.2) is 18.1 Å². The smallest absolute Gasteiger partial charge is 0.122 e. The first kappa shape index (κ1) is 13.6. The maximum Gasteiger partial charge on any atom is 0.122 e. The lowest BCUT2D eigenvalue weighted by atomic mass is 9.93. The molecule has 4 heteroatoms. The Labute approximate surface area is 124 Å². The van der Waals surface area contributed by atoms with Crippen LogP contribution in [-0.2, 0) is 0 Å². The van der Waals surface area contributed by atoms with E-state index in [-0.39, 0.29) is 0 Å². The second-order valence-electron chi connectivity index (χ2n) is 5.33. The fourth-order valence-electron chi connectivity index (χ4n) is 2.61. The molecular formula is C16H20N2OS. The summed E-state index contributed by atoms with van der Waals surface area (Å²) >= 11 is 1.73. The van der Waals surface area contributed by atoms with Gasteiger partial charge in [-0.3, -0.25) is 0 Å². The highest BCUT2D eigenvalue weighted by molar-refractivity contribution is 7.09. The van der Waals surface area contributed by atoms with Crippen molar-refractivity contribution in [1.82, 2.24) is 10.3 Å². The average molecular weight is 288 g/mol. The van der Waals surface area contributed by atoms with Crippen LogP contribution in [0.4, 0.5) is 0 Å². The van der Waals surface area contributed by atoms with Crippen molar-refractivity contribution < 1.29 is 4.74 Å². The van der Waals surface area contributed by atoms with Crippen molar-refractivity contribution in [1.29, 1.82) is 0 Å². The zero-order valence-corrected chi connectivity index (χ0v) is 12.7. The van der Waals surface area contributed by atoms with Crippen molar-refractivity contribution in [3.63, 3.8) is 0 Å². The van der Waals surface area contributed by atoms with Gasteiger partial charge in [-0.05, 0) is 31.9 Å². The maximum atomic E-state index is 5.71. The molecule has 1 aliphatic heterocycles. The summed E-state index contributed by atoms with van der Waals surface area (Å²) < 4.78 is 5.71. The van der Waals surface area contributed by atoms with E-state index in [0.29, 0.717) is 12.0 Å². The minimum atomic E-state index is 0.309. The minimum Gasteiger partial charge on any atom is -0.493 e. The third-order valence-corrected chi connectivity index (χ3v) is 4.91. The van der Waals surface area contributed by atoms with Crippen molar-refractivity contribution in [3.05, 3.63) is 45.9 Å². The molecule has 2 atom stereocenters. The van der Waals surface area contributed by atoms with Gasteiger partial charge in [-0.1, -0.05) is 18.2 Å². The van der Waals surface area contributed by atoms with E-state index in [2.05, 4.69) is 40.8 Å². The molecule has 0 bridgehead atoms. The number of aryl methyl sites for hydroxylation is 1. The molecule has 0 amide bonds. The summed E-state index contributed by atoms with van der Waals surface area (Å²) in [6.07, 6.45) is 1.08. The highest BCUT2D eigenvalue weighted by atomic mass is 32.1. The van der Waals surface area contributed by atoms with Crippen molar-refractivity contribution in [2.24, 2.45) is 0 Å². The highest BCUT2D eigenvalue weighted by Crippen LogP contribution is 2.33. The van der Waals surface area contributed by atoms with Crippen molar-refractivity contribution in [3.8, 4) is 5.75 Å². The fourth-order valence-corrected chi connectivity index (χ4v) is 3.43. The summed E-state index contributed by atoms with van der Waals surface area (Å²) in [7, 11) is 0. The van der Waals surface area contributed by atoms with E-state index in [1.54, 1.807) is 11.3 Å². The van der Waals surface area contributed by atoms with Gasteiger partial charge in [0.05, 0.1) is 12.6 Å². The van der Waals surface area contributed by atoms with Gasteiger partial charge in [0.25, 0.3) is 0 Å². The van der Waals surface area contributed by atoms with Crippen LogP contribution >= 0.6 is 11.3 Å². The molecule has 0 spiro atoms. The largest absolute Gasteiger partial charge is 0.493 e. The Kier molecular flexibility index (Phi) is 4.03. The van der Waals surface area contributed by atoms with E-state index in [4.69, 9.17) is 4.74 Å². The van der Waals surface area contributed by atoms with Crippen LogP contribution in [0.15, 0.2) is 29.6 Å². The summed E-state index contributed by atoms with van der Waals surface area (Å²) in [6, 6.07) is 8.68. The predicted molar refractivity (Wildman–Crippen MR) is 82.6 cm³/mol. The number of hydrogen-bond donors (Lipinski definition) is 1. The van der Waals surface area contributed by atoms with E-state index in [1.165, 1.54) is 10.6 Å². The second kappa shape index (κ2) is 5.94. The molecule has 3 nitrogen and oxygen atoms in total. The summed E-state index contributed by atoms with van der Waals surface area (Å²) in [6.45, 7) is 6.01. The van der Waals surface area contributed by atoms with Crippen LogP contribution in [0.5, 0.6) is 5.75 Å². The first-order valence-electron chi connectivity index (χ1n) is 7.11. The second-order valence-corrected chi connectivity index (χ2v) is 6.22. The fraction of sp³-hybridized carbons (Fsp3) is 0.438. The summed E-state index contributed by atoms with van der Waals surface area (Å²) in [5.41, 5.74) is 2.43. The topological polar surface area (TPSA) is 34.1 Å². The summed E-state index contributed by atoms with van der Waals surface area (Å²) in [5, 5.41) is 6.89. The van der Waals surface area contributed by atoms with Crippen LogP contribution in [0, 0.1) is 6.92 Å². The van der Waals surface area contributed by atoms with Gasteiger partial charge in [-0.15, -0.1) is 11.3 Å². The number of para-hydroxylation sites is 1. The molecule has 1 aromatic carbocycles. The van der Waals surface area contributed by atoms with Gasteiger partial charge in [0.1, 0.15) is 10.8 Å². The number of nitrogens with one attached hydrogen (secondary N) is 1. The normalized spacial score (nSPS) is 19.2. The van der Waals surface area contributed by atoms with E-state index in [1.807, 2.05) is 13.0 Å². The monoisotopic (exact) mass is 288 g/mol. The Hall–Kier alpha value is -1.39. The quantitative estimate of drug-likeness (QED) is 0.932. The average Bonchev–Trinajstić information content (AvgIpc) is 2.91. The third-order valence-electron chi connectivity index (χ3n) is 3.76. The van der Waals surface area contributed by atoms with E-state index in [9.17, 15) is 0 Å². The summed E-state index contributed by atoms with van der Waals surface area (Å²) in [5.74, 6) is 1.58. The van der Waals surface area contributed by atoms with Crippen LogP contribution in [0.3, 0.4) is 0 Å². The van der Waals surface area contributed by atoms with Crippen molar-refractivity contribution in [2.75, 3.05) is 13.2 Å². The zero-order valence-electron chi connectivity index (χ0n) is 11.9. The van der Waals surface area contributed by atoms with Gasteiger partial charge in [-0.25, -0.2) is 4.98 Å². The Morgan fingerprint density at radius 2 is 2.30 bits per heavy atom. The number of ether oxygens (including phenoxy) is 1. The molecular weight excluding hydrogens is 268 g/mol. The van der Waals surface area contributed by atoms with Gasteiger partial charge in [0.2, 0.25) is 0 Å². The number of aromatic nitrogens is 1. The van der Waals surface area contributed by atoms with Gasteiger partial charge >= 0.3 is 0 Å². The van der Waals surface area contributed by atoms with Gasteiger partial charge < -0.3 is 10.1 Å². The molecule has 1 aromatic heterocycles. The number of thiazole rings is 1. The van der Waals surface area contributed by atoms with Gasteiger partial charge in [0.15, 0.2) is 0 Å². The van der Waals surface area contributed by atoms with Crippen LogP contribution < -0.4 is 10.1 Å². The molecule has 0 fully saturated rings. The van der Waals surface area contributed by atoms with Crippen LogP contribution in [0.2, 0.25) is 0 Å². The number of hydrogen-bond acceptors (Lipinski definition) is 4. The Bertz CT molecular complexity index is 581. The van der Waals surface area contributed by atoms with Crippen LogP contribution in [0.1, 0.15) is 41.6 Å². The molecule has 2 aromatic rings. The minimum absolute atomic E-state index is 0.309.